The average Bonchev–Trinajstić information content (AvgIpc) is 2.89. The van der Waals surface area contributed by atoms with Crippen LogP contribution in [0.2, 0.25) is 0 Å². The number of hydrogen-bond acceptors (Lipinski definition) is 7. The topological polar surface area (TPSA) is 95.5 Å². The Hall–Kier alpha value is -4.33. The fraction of sp³-hybridized carbons (Fsp3) is 0.222. The number of benzene rings is 3. The van der Waals surface area contributed by atoms with E-state index in [1.54, 1.807) is 36.4 Å². The molecule has 0 saturated heterocycles. The van der Waals surface area contributed by atoms with Crippen molar-refractivity contribution < 1.29 is 28.5 Å². The molecule has 3 aromatic rings. The molecule has 1 N–H and O–H groups in total. The molecule has 8 heteroatoms. The maximum atomic E-state index is 12.7. The average molecular weight is 477 g/mol. The molecule has 0 atom stereocenters. The number of nitrogens with zero attached hydrogens (tertiary/aromatic N) is 1. The van der Waals surface area contributed by atoms with Crippen LogP contribution in [0.4, 0.5) is 0 Å². The standard InChI is InChI=1S/C27H28N2O6/c1-4-34-25-16-20(18-28-29-26(30)15-11-19-8-6-5-7-9-19)10-13-23(25)35-27(31)21-12-14-22(32-2)24(17-21)33-3/h5-10,12-14,16-18H,4,11,15H2,1-3H3,(H,29,30)/b28-18+. The molecule has 0 bridgehead atoms. The van der Waals surface area contributed by atoms with Gasteiger partial charge < -0.3 is 18.9 Å². The lowest BCUT2D eigenvalue weighted by Crippen LogP contribution is -2.17. The highest BCUT2D eigenvalue weighted by Gasteiger charge is 2.16. The highest BCUT2D eigenvalue weighted by atomic mass is 16.6. The number of carbonyl (C=O) groups excluding carboxylic acids is 2. The normalized spacial score (nSPS) is 10.6. The summed E-state index contributed by atoms with van der Waals surface area (Å²) in [6.07, 6.45) is 2.47. The Morgan fingerprint density at radius 3 is 2.34 bits per heavy atom. The Morgan fingerprint density at radius 1 is 0.886 bits per heavy atom. The van der Waals surface area contributed by atoms with E-state index in [1.807, 2.05) is 37.3 Å². The summed E-state index contributed by atoms with van der Waals surface area (Å²) in [6, 6.07) is 19.5. The Bertz CT molecular complexity index is 1180. The van der Waals surface area contributed by atoms with E-state index in [0.29, 0.717) is 47.8 Å². The number of hydrogen-bond donors (Lipinski definition) is 1. The van der Waals surface area contributed by atoms with Crippen LogP contribution in [-0.2, 0) is 11.2 Å². The summed E-state index contributed by atoms with van der Waals surface area (Å²) in [5, 5.41) is 4.02. The van der Waals surface area contributed by atoms with Gasteiger partial charge in [0.1, 0.15) is 0 Å². The van der Waals surface area contributed by atoms with Crippen LogP contribution in [0.25, 0.3) is 0 Å². The van der Waals surface area contributed by atoms with E-state index in [-0.39, 0.29) is 11.7 Å². The monoisotopic (exact) mass is 476 g/mol. The first-order valence-corrected chi connectivity index (χ1v) is 11.1. The smallest absolute Gasteiger partial charge is 0.343 e. The highest BCUT2D eigenvalue weighted by Crippen LogP contribution is 2.31. The van der Waals surface area contributed by atoms with Crippen LogP contribution < -0.4 is 24.4 Å². The first-order valence-electron chi connectivity index (χ1n) is 11.1. The van der Waals surface area contributed by atoms with E-state index in [9.17, 15) is 9.59 Å². The van der Waals surface area contributed by atoms with Gasteiger partial charge in [-0.05, 0) is 60.9 Å². The molecular weight excluding hydrogens is 448 g/mol. The predicted octanol–water partition coefficient (Wildman–Crippen LogP) is 4.40. The zero-order valence-corrected chi connectivity index (χ0v) is 19.9. The van der Waals surface area contributed by atoms with Crippen LogP contribution in [0.1, 0.15) is 34.8 Å². The Morgan fingerprint density at radius 2 is 1.63 bits per heavy atom. The maximum Gasteiger partial charge on any atom is 0.343 e. The van der Waals surface area contributed by atoms with Gasteiger partial charge in [-0.15, -0.1) is 0 Å². The minimum atomic E-state index is -0.570. The van der Waals surface area contributed by atoms with Crippen LogP contribution in [0.15, 0.2) is 71.8 Å². The Kier molecular flexibility index (Phi) is 9.24. The van der Waals surface area contributed by atoms with Crippen molar-refractivity contribution in [3.63, 3.8) is 0 Å². The second-order valence-corrected chi connectivity index (χ2v) is 7.38. The van der Waals surface area contributed by atoms with Crippen LogP contribution in [0, 0.1) is 0 Å². The van der Waals surface area contributed by atoms with Crippen molar-refractivity contribution >= 4 is 18.1 Å². The third kappa shape index (κ3) is 7.33. The first-order chi connectivity index (χ1) is 17.0. The SMILES string of the molecule is CCOc1cc(/C=N/NC(=O)CCc2ccccc2)ccc1OC(=O)c1ccc(OC)c(OC)c1. The number of rotatable bonds is 11. The van der Waals surface area contributed by atoms with Gasteiger partial charge in [0, 0.05) is 6.42 Å². The van der Waals surface area contributed by atoms with Crippen molar-refractivity contribution in [1.82, 2.24) is 5.43 Å². The van der Waals surface area contributed by atoms with Crippen LogP contribution in [-0.4, -0.2) is 38.9 Å². The number of amides is 1. The van der Waals surface area contributed by atoms with Crippen molar-refractivity contribution in [3.8, 4) is 23.0 Å². The predicted molar refractivity (Wildman–Crippen MR) is 133 cm³/mol. The molecule has 0 fully saturated rings. The summed E-state index contributed by atoms with van der Waals surface area (Å²) < 4.78 is 21.6. The second-order valence-electron chi connectivity index (χ2n) is 7.38. The van der Waals surface area contributed by atoms with Gasteiger partial charge in [0.2, 0.25) is 5.91 Å². The zero-order chi connectivity index (χ0) is 25.0. The molecule has 0 aliphatic rings. The van der Waals surface area contributed by atoms with Crippen LogP contribution in [0.3, 0.4) is 0 Å². The molecule has 8 nitrogen and oxygen atoms in total. The van der Waals surface area contributed by atoms with E-state index < -0.39 is 5.97 Å². The first kappa shape index (κ1) is 25.3. The van der Waals surface area contributed by atoms with Gasteiger partial charge in [0.05, 0.1) is 32.6 Å². The summed E-state index contributed by atoms with van der Waals surface area (Å²) >= 11 is 0. The summed E-state index contributed by atoms with van der Waals surface area (Å²) in [6.45, 7) is 2.20. The third-order valence-electron chi connectivity index (χ3n) is 4.98. The molecule has 0 radical (unpaired) electrons. The molecule has 0 aliphatic heterocycles. The Labute approximate surface area is 204 Å². The summed E-state index contributed by atoms with van der Waals surface area (Å²) in [5.74, 6) is 0.810. The molecule has 0 aromatic heterocycles. The largest absolute Gasteiger partial charge is 0.493 e. The fourth-order valence-corrected chi connectivity index (χ4v) is 3.22. The van der Waals surface area contributed by atoms with E-state index in [1.165, 1.54) is 20.4 Å². The molecule has 3 aromatic carbocycles. The molecule has 0 saturated carbocycles. The lowest BCUT2D eigenvalue weighted by molar-refractivity contribution is -0.121. The number of carbonyl (C=O) groups is 2. The number of hydrazone groups is 1. The molecule has 0 heterocycles. The quantitative estimate of drug-likeness (QED) is 0.191. The number of nitrogens with one attached hydrogen (secondary N) is 1. The lowest BCUT2D eigenvalue weighted by Gasteiger charge is -2.12. The summed E-state index contributed by atoms with van der Waals surface area (Å²) in [7, 11) is 3.01. The van der Waals surface area contributed by atoms with Gasteiger partial charge in [-0.25, -0.2) is 10.2 Å². The fourth-order valence-electron chi connectivity index (χ4n) is 3.22. The number of esters is 1. The summed E-state index contributed by atoms with van der Waals surface area (Å²) in [4.78, 5) is 24.7. The molecule has 0 aliphatic carbocycles. The molecule has 0 unspecified atom stereocenters. The van der Waals surface area contributed by atoms with Crippen LogP contribution in [0.5, 0.6) is 23.0 Å². The molecule has 0 spiro atoms. The van der Waals surface area contributed by atoms with Crippen molar-refractivity contribution in [1.29, 1.82) is 0 Å². The Balaban J connectivity index is 1.63. The lowest BCUT2D eigenvalue weighted by atomic mass is 10.1. The molecule has 35 heavy (non-hydrogen) atoms. The third-order valence-corrected chi connectivity index (χ3v) is 4.98. The van der Waals surface area contributed by atoms with E-state index in [2.05, 4.69) is 10.5 Å². The number of methoxy groups -OCH3 is 2. The van der Waals surface area contributed by atoms with Gasteiger partial charge in [0.25, 0.3) is 0 Å². The molecule has 182 valence electrons. The maximum absolute atomic E-state index is 12.7. The van der Waals surface area contributed by atoms with Crippen molar-refractivity contribution in [3.05, 3.63) is 83.4 Å². The number of aryl methyl sites for hydroxylation is 1. The highest BCUT2D eigenvalue weighted by molar-refractivity contribution is 5.92. The summed E-state index contributed by atoms with van der Waals surface area (Å²) in [5.41, 5.74) is 4.58. The minimum absolute atomic E-state index is 0.185. The molecule has 1 amide bonds. The van der Waals surface area contributed by atoms with E-state index in [0.717, 1.165) is 5.56 Å². The van der Waals surface area contributed by atoms with Crippen molar-refractivity contribution in [2.75, 3.05) is 20.8 Å². The molecular formula is C27H28N2O6. The van der Waals surface area contributed by atoms with E-state index in [4.69, 9.17) is 18.9 Å². The van der Waals surface area contributed by atoms with Crippen molar-refractivity contribution in [2.24, 2.45) is 5.10 Å². The van der Waals surface area contributed by atoms with Crippen LogP contribution >= 0.6 is 0 Å². The van der Waals surface area contributed by atoms with Gasteiger partial charge >= 0.3 is 5.97 Å². The van der Waals surface area contributed by atoms with Gasteiger partial charge in [-0.2, -0.15) is 5.10 Å². The minimum Gasteiger partial charge on any atom is -0.493 e. The van der Waals surface area contributed by atoms with Gasteiger partial charge in [-0.3, -0.25) is 4.79 Å². The van der Waals surface area contributed by atoms with Gasteiger partial charge in [0.15, 0.2) is 23.0 Å². The molecule has 3 rings (SSSR count). The second kappa shape index (κ2) is 12.8. The number of ether oxygens (including phenoxy) is 4. The zero-order valence-electron chi connectivity index (χ0n) is 19.9. The van der Waals surface area contributed by atoms with E-state index >= 15 is 0 Å². The van der Waals surface area contributed by atoms with Gasteiger partial charge in [-0.1, -0.05) is 30.3 Å². The van der Waals surface area contributed by atoms with Crippen molar-refractivity contribution in [2.45, 2.75) is 19.8 Å².